The largest absolute Gasteiger partial charge is 0.414 e. The Morgan fingerprint density at radius 1 is 1.40 bits per heavy atom. The first-order valence-electron chi connectivity index (χ1n) is 2.65. The van der Waals surface area contributed by atoms with Gasteiger partial charge in [0.05, 0.1) is 0 Å². The zero-order valence-corrected chi connectivity index (χ0v) is 5.73. The van der Waals surface area contributed by atoms with E-state index in [-0.39, 0.29) is 6.79 Å². The zero-order chi connectivity index (χ0) is 8.20. The van der Waals surface area contributed by atoms with Crippen LogP contribution in [0, 0.1) is 0 Å². The molecule has 0 bridgehead atoms. The third kappa shape index (κ3) is 3.68. The molecule has 0 saturated carbocycles. The zero-order valence-electron chi connectivity index (χ0n) is 5.73. The molecule has 0 aliphatic carbocycles. The Kier molecular flexibility index (Phi) is 3.67. The highest BCUT2D eigenvalue weighted by molar-refractivity contribution is 4.58. The molecule has 10 heavy (non-hydrogen) atoms. The first-order chi connectivity index (χ1) is 4.48. The van der Waals surface area contributed by atoms with E-state index >= 15 is 0 Å². The van der Waals surface area contributed by atoms with Gasteiger partial charge in [0.2, 0.25) is 0 Å². The molecule has 0 heterocycles. The molecule has 1 atom stereocenters. The molecule has 0 aliphatic heterocycles. The van der Waals surface area contributed by atoms with Crippen molar-refractivity contribution in [3.8, 4) is 0 Å². The summed E-state index contributed by atoms with van der Waals surface area (Å²) in [6.45, 7) is 0.597. The molecule has 0 N–H and O–H groups in total. The predicted molar refractivity (Wildman–Crippen MR) is 28.5 cm³/mol. The second-order valence-electron chi connectivity index (χ2n) is 1.76. The van der Waals surface area contributed by atoms with E-state index in [1.165, 1.54) is 7.11 Å². The molecule has 1 unspecified atom stereocenters. The van der Waals surface area contributed by atoms with Crippen molar-refractivity contribution in [3.05, 3.63) is 0 Å². The minimum Gasteiger partial charge on any atom is -0.359 e. The maximum Gasteiger partial charge on any atom is 0.414 e. The minimum absolute atomic E-state index is 0.333. The lowest BCUT2D eigenvalue weighted by molar-refractivity contribution is -0.233. The van der Waals surface area contributed by atoms with Crippen LogP contribution >= 0.6 is 0 Å². The summed E-state index contributed by atoms with van der Waals surface area (Å²) in [6, 6.07) is 0. The highest BCUT2D eigenvalue weighted by Gasteiger charge is 2.36. The number of alkyl halides is 3. The van der Waals surface area contributed by atoms with Crippen LogP contribution in [0.25, 0.3) is 0 Å². The Morgan fingerprint density at radius 3 is 2.20 bits per heavy atom. The van der Waals surface area contributed by atoms with Gasteiger partial charge in [-0.15, -0.1) is 0 Å². The number of ether oxygens (including phenoxy) is 2. The Morgan fingerprint density at radius 2 is 1.90 bits per heavy atom. The highest BCUT2D eigenvalue weighted by Crippen LogP contribution is 2.21. The van der Waals surface area contributed by atoms with Crippen LogP contribution in [0.4, 0.5) is 13.2 Å². The summed E-state index contributed by atoms with van der Waals surface area (Å²) in [5.41, 5.74) is 0. The van der Waals surface area contributed by atoms with Gasteiger partial charge in [-0.3, -0.25) is 0 Å². The Balaban J connectivity index is 3.52. The minimum atomic E-state index is -4.29. The smallest absolute Gasteiger partial charge is 0.359 e. The molecule has 0 aliphatic rings. The fourth-order valence-electron chi connectivity index (χ4n) is 0.265. The first-order valence-corrected chi connectivity index (χ1v) is 2.65. The van der Waals surface area contributed by atoms with Crippen molar-refractivity contribution < 1.29 is 22.6 Å². The molecule has 0 aromatic heterocycles. The highest BCUT2D eigenvalue weighted by atomic mass is 19.4. The van der Waals surface area contributed by atoms with E-state index in [2.05, 4.69) is 9.47 Å². The average Bonchev–Trinajstić information content (AvgIpc) is 1.80. The summed E-state index contributed by atoms with van der Waals surface area (Å²) in [6.07, 6.45) is -6.05. The van der Waals surface area contributed by atoms with Crippen LogP contribution < -0.4 is 0 Å². The lowest BCUT2D eigenvalue weighted by atomic mass is 10.4. The summed E-state index contributed by atoms with van der Waals surface area (Å²) < 4.78 is 43.3. The van der Waals surface area contributed by atoms with Crippen molar-refractivity contribution in [2.75, 3.05) is 13.9 Å². The van der Waals surface area contributed by atoms with Gasteiger partial charge in [-0.2, -0.15) is 13.2 Å². The van der Waals surface area contributed by atoms with Gasteiger partial charge in [0.25, 0.3) is 0 Å². The first kappa shape index (κ1) is 9.71. The van der Waals surface area contributed by atoms with Gasteiger partial charge in [-0.1, -0.05) is 0 Å². The molecule has 0 spiro atoms. The van der Waals surface area contributed by atoms with E-state index in [1.807, 2.05) is 0 Å². The van der Waals surface area contributed by atoms with Gasteiger partial charge in [0, 0.05) is 7.11 Å². The number of hydrogen-bond donors (Lipinski definition) is 0. The lowest BCUT2D eigenvalue weighted by Crippen LogP contribution is -2.29. The molecule has 0 aromatic rings. The number of rotatable bonds is 3. The monoisotopic (exact) mass is 158 g/mol. The lowest BCUT2D eigenvalue weighted by Gasteiger charge is -2.14. The van der Waals surface area contributed by atoms with Crippen LogP contribution in [0.3, 0.4) is 0 Å². The SMILES string of the molecule is COCOC(C)C(F)(F)F. The molecule has 0 rings (SSSR count). The summed E-state index contributed by atoms with van der Waals surface area (Å²) in [4.78, 5) is 0. The Bertz CT molecular complexity index is 91.4. The van der Waals surface area contributed by atoms with Gasteiger partial charge in [-0.05, 0) is 6.92 Å². The van der Waals surface area contributed by atoms with Crippen molar-refractivity contribution >= 4 is 0 Å². The molecule has 0 aromatic carbocycles. The van der Waals surface area contributed by atoms with Crippen molar-refractivity contribution in [1.29, 1.82) is 0 Å². The van der Waals surface area contributed by atoms with Crippen LogP contribution in [0.2, 0.25) is 0 Å². The van der Waals surface area contributed by atoms with Gasteiger partial charge < -0.3 is 9.47 Å². The topological polar surface area (TPSA) is 18.5 Å². The van der Waals surface area contributed by atoms with Gasteiger partial charge in [0.1, 0.15) is 6.79 Å². The second kappa shape index (κ2) is 3.78. The molecule has 2 nitrogen and oxygen atoms in total. The predicted octanol–water partition coefficient (Wildman–Crippen LogP) is 1.56. The molecule has 62 valence electrons. The number of hydrogen-bond acceptors (Lipinski definition) is 2. The molecule has 0 fully saturated rings. The van der Waals surface area contributed by atoms with E-state index < -0.39 is 12.3 Å². The second-order valence-corrected chi connectivity index (χ2v) is 1.76. The molecular weight excluding hydrogens is 149 g/mol. The summed E-state index contributed by atoms with van der Waals surface area (Å²) in [5, 5.41) is 0. The Hall–Kier alpha value is -0.290. The Labute approximate surface area is 56.9 Å². The van der Waals surface area contributed by atoms with Crippen molar-refractivity contribution in [2.24, 2.45) is 0 Å². The van der Waals surface area contributed by atoms with Crippen LogP contribution in [0.1, 0.15) is 6.92 Å². The van der Waals surface area contributed by atoms with E-state index in [0.29, 0.717) is 0 Å². The standard InChI is InChI=1S/C5H9F3O2/c1-4(5(6,7)8)10-3-9-2/h4H,3H2,1-2H3. The summed E-state index contributed by atoms with van der Waals surface area (Å²) >= 11 is 0. The van der Waals surface area contributed by atoms with Crippen LogP contribution in [0.5, 0.6) is 0 Å². The maximum absolute atomic E-state index is 11.6. The van der Waals surface area contributed by atoms with Crippen LogP contribution in [-0.2, 0) is 9.47 Å². The van der Waals surface area contributed by atoms with E-state index in [4.69, 9.17) is 0 Å². The molecular formula is C5H9F3O2. The molecule has 5 heteroatoms. The molecule has 0 amide bonds. The van der Waals surface area contributed by atoms with E-state index in [0.717, 1.165) is 6.92 Å². The summed E-state index contributed by atoms with van der Waals surface area (Å²) in [5.74, 6) is 0. The average molecular weight is 158 g/mol. The normalized spacial score (nSPS) is 15.3. The third-order valence-electron chi connectivity index (χ3n) is 0.897. The van der Waals surface area contributed by atoms with E-state index in [1.54, 1.807) is 0 Å². The third-order valence-corrected chi connectivity index (χ3v) is 0.897. The fourth-order valence-corrected chi connectivity index (χ4v) is 0.265. The van der Waals surface area contributed by atoms with Crippen molar-refractivity contribution in [2.45, 2.75) is 19.2 Å². The van der Waals surface area contributed by atoms with Crippen LogP contribution in [-0.4, -0.2) is 26.2 Å². The number of halogens is 3. The summed E-state index contributed by atoms with van der Waals surface area (Å²) in [7, 11) is 1.27. The molecule has 0 radical (unpaired) electrons. The van der Waals surface area contributed by atoms with Gasteiger partial charge in [-0.25, -0.2) is 0 Å². The number of methoxy groups -OCH3 is 1. The quantitative estimate of drug-likeness (QED) is 0.580. The maximum atomic E-state index is 11.6. The fraction of sp³-hybridized carbons (Fsp3) is 1.00. The van der Waals surface area contributed by atoms with Gasteiger partial charge >= 0.3 is 6.18 Å². The van der Waals surface area contributed by atoms with Crippen molar-refractivity contribution in [3.63, 3.8) is 0 Å². The molecule has 0 saturated heterocycles. The van der Waals surface area contributed by atoms with Gasteiger partial charge in [0.15, 0.2) is 6.10 Å². The van der Waals surface area contributed by atoms with Crippen molar-refractivity contribution in [1.82, 2.24) is 0 Å². The van der Waals surface area contributed by atoms with E-state index in [9.17, 15) is 13.2 Å². The van der Waals surface area contributed by atoms with Crippen LogP contribution in [0.15, 0.2) is 0 Å².